The summed E-state index contributed by atoms with van der Waals surface area (Å²) in [5, 5.41) is -0.571. The first-order valence-electron chi connectivity index (χ1n) is 5.82. The fourth-order valence-corrected chi connectivity index (χ4v) is 2.80. The van der Waals surface area contributed by atoms with Gasteiger partial charge in [-0.1, -0.05) is 12.1 Å². The molecule has 0 aliphatic heterocycles. The van der Waals surface area contributed by atoms with Crippen molar-refractivity contribution >= 4 is 15.7 Å². The number of nitrogens with zero attached hydrogens (tertiary/aromatic N) is 2. The summed E-state index contributed by atoms with van der Waals surface area (Å²) in [5.41, 5.74) is 6.91. The Morgan fingerprint density at radius 1 is 1.25 bits per heavy atom. The van der Waals surface area contributed by atoms with Gasteiger partial charge in [0.15, 0.2) is 5.82 Å². The van der Waals surface area contributed by atoms with E-state index in [9.17, 15) is 12.8 Å². The Hall–Kier alpha value is -1.99. The molecule has 106 valence electrons. The maximum Gasteiger partial charge on any atom is 0.263 e. The molecule has 0 amide bonds. The van der Waals surface area contributed by atoms with Gasteiger partial charge in [-0.2, -0.15) is 4.31 Å². The van der Waals surface area contributed by atoms with E-state index < -0.39 is 20.9 Å². The van der Waals surface area contributed by atoms with Crippen LogP contribution in [0.5, 0.6) is 0 Å². The van der Waals surface area contributed by atoms with Crippen LogP contribution in [0.25, 0.3) is 0 Å². The summed E-state index contributed by atoms with van der Waals surface area (Å²) >= 11 is 0. The zero-order valence-corrected chi connectivity index (χ0v) is 11.6. The van der Waals surface area contributed by atoms with Crippen LogP contribution in [0.4, 0.5) is 10.1 Å². The van der Waals surface area contributed by atoms with Crippen LogP contribution >= 0.6 is 0 Å². The van der Waals surface area contributed by atoms with Crippen LogP contribution in [0.3, 0.4) is 0 Å². The van der Waals surface area contributed by atoms with Gasteiger partial charge in [0.05, 0.1) is 0 Å². The molecular weight excluding hydrogens is 281 g/mol. The molecule has 0 spiro atoms. The number of aromatic nitrogens is 1. The number of hydrogen-bond acceptors (Lipinski definition) is 4. The van der Waals surface area contributed by atoms with E-state index in [0.29, 0.717) is 5.69 Å². The SMILES string of the molecule is CN(Cc1ccc(N)cc1)S(=O)(=O)c1ncccc1F. The number of pyridine rings is 1. The van der Waals surface area contributed by atoms with Crippen molar-refractivity contribution in [3.05, 3.63) is 54.0 Å². The van der Waals surface area contributed by atoms with Crippen molar-refractivity contribution in [3.63, 3.8) is 0 Å². The highest BCUT2D eigenvalue weighted by atomic mass is 32.2. The van der Waals surface area contributed by atoms with Gasteiger partial charge in [0.2, 0.25) is 5.03 Å². The summed E-state index contributed by atoms with van der Waals surface area (Å²) in [7, 11) is -2.59. The van der Waals surface area contributed by atoms with Crippen LogP contribution in [0.2, 0.25) is 0 Å². The average Bonchev–Trinajstić information content (AvgIpc) is 2.41. The lowest BCUT2D eigenvalue weighted by Crippen LogP contribution is -2.28. The zero-order valence-electron chi connectivity index (χ0n) is 10.8. The zero-order chi connectivity index (χ0) is 14.8. The van der Waals surface area contributed by atoms with Crippen LogP contribution in [-0.2, 0) is 16.6 Å². The molecule has 1 aromatic heterocycles. The van der Waals surface area contributed by atoms with Crippen LogP contribution in [0.15, 0.2) is 47.6 Å². The monoisotopic (exact) mass is 295 g/mol. The van der Waals surface area contributed by atoms with Gasteiger partial charge >= 0.3 is 0 Å². The molecule has 0 saturated carbocycles. The predicted octanol–water partition coefficient (Wildman–Crippen LogP) is 1.62. The molecule has 2 rings (SSSR count). The maximum atomic E-state index is 13.6. The molecule has 0 saturated heterocycles. The van der Waals surface area contributed by atoms with E-state index in [1.807, 2.05) is 0 Å². The summed E-state index contributed by atoms with van der Waals surface area (Å²) < 4.78 is 39.0. The normalized spacial score (nSPS) is 11.8. The topological polar surface area (TPSA) is 76.3 Å². The van der Waals surface area contributed by atoms with Gasteiger partial charge in [-0.3, -0.25) is 0 Å². The van der Waals surface area contributed by atoms with E-state index in [4.69, 9.17) is 5.73 Å². The summed E-state index contributed by atoms with van der Waals surface area (Å²) in [6.45, 7) is 0.110. The number of halogens is 1. The Morgan fingerprint density at radius 2 is 1.90 bits per heavy atom. The molecule has 20 heavy (non-hydrogen) atoms. The molecule has 2 aromatic rings. The quantitative estimate of drug-likeness (QED) is 0.870. The molecule has 0 bridgehead atoms. The van der Waals surface area contributed by atoms with Crippen LogP contribution in [0, 0.1) is 5.82 Å². The van der Waals surface area contributed by atoms with E-state index >= 15 is 0 Å². The van der Waals surface area contributed by atoms with Crippen molar-refractivity contribution in [3.8, 4) is 0 Å². The maximum absolute atomic E-state index is 13.6. The third kappa shape index (κ3) is 2.94. The summed E-state index contributed by atoms with van der Waals surface area (Å²) in [6.07, 6.45) is 1.24. The summed E-state index contributed by atoms with van der Waals surface area (Å²) in [4.78, 5) is 3.60. The molecule has 5 nitrogen and oxygen atoms in total. The Kier molecular flexibility index (Phi) is 4.01. The van der Waals surface area contributed by atoms with E-state index in [1.54, 1.807) is 24.3 Å². The second-order valence-electron chi connectivity index (χ2n) is 4.29. The van der Waals surface area contributed by atoms with Gasteiger partial charge in [0, 0.05) is 25.5 Å². The lowest BCUT2D eigenvalue weighted by atomic mass is 10.2. The lowest BCUT2D eigenvalue weighted by molar-refractivity contribution is 0.454. The highest BCUT2D eigenvalue weighted by Gasteiger charge is 2.25. The van der Waals surface area contributed by atoms with Crippen molar-refractivity contribution in [2.75, 3.05) is 12.8 Å². The van der Waals surface area contributed by atoms with E-state index in [1.165, 1.54) is 19.3 Å². The van der Waals surface area contributed by atoms with Crippen molar-refractivity contribution in [1.82, 2.24) is 9.29 Å². The van der Waals surface area contributed by atoms with Gasteiger partial charge in [-0.25, -0.2) is 17.8 Å². The first kappa shape index (κ1) is 14.4. The highest BCUT2D eigenvalue weighted by molar-refractivity contribution is 7.89. The minimum Gasteiger partial charge on any atom is -0.399 e. The number of rotatable bonds is 4. The molecule has 0 unspecified atom stereocenters. The molecule has 0 fully saturated rings. The van der Waals surface area contributed by atoms with Crippen molar-refractivity contribution < 1.29 is 12.8 Å². The van der Waals surface area contributed by atoms with Crippen LogP contribution in [0.1, 0.15) is 5.56 Å². The standard InChI is InChI=1S/C13H14FN3O2S/c1-17(9-10-4-6-11(15)7-5-10)20(18,19)13-12(14)3-2-8-16-13/h2-8H,9,15H2,1H3. The van der Waals surface area contributed by atoms with E-state index in [2.05, 4.69) is 4.98 Å². The molecule has 1 heterocycles. The molecule has 0 aliphatic carbocycles. The number of nitrogen functional groups attached to an aromatic ring is 1. The van der Waals surface area contributed by atoms with Gasteiger partial charge in [0.1, 0.15) is 0 Å². The summed E-state index contributed by atoms with van der Waals surface area (Å²) in [6, 6.07) is 9.20. The summed E-state index contributed by atoms with van der Waals surface area (Å²) in [5.74, 6) is -0.864. The molecule has 0 aliphatic rings. The largest absolute Gasteiger partial charge is 0.399 e. The lowest BCUT2D eigenvalue weighted by Gasteiger charge is -2.17. The smallest absolute Gasteiger partial charge is 0.263 e. The Bertz CT molecular complexity index is 702. The first-order valence-corrected chi connectivity index (χ1v) is 7.26. The molecule has 0 atom stereocenters. The Balaban J connectivity index is 2.26. The van der Waals surface area contributed by atoms with Gasteiger partial charge in [-0.05, 0) is 29.8 Å². The van der Waals surface area contributed by atoms with E-state index in [0.717, 1.165) is 15.9 Å². The number of anilines is 1. The molecule has 2 N–H and O–H groups in total. The van der Waals surface area contributed by atoms with Crippen LogP contribution in [-0.4, -0.2) is 24.8 Å². The second kappa shape index (κ2) is 5.56. The minimum atomic E-state index is -3.96. The number of nitrogens with two attached hydrogens (primary N) is 1. The molecule has 7 heteroatoms. The molecule has 0 radical (unpaired) electrons. The number of benzene rings is 1. The minimum absolute atomic E-state index is 0.110. The fourth-order valence-electron chi connectivity index (χ4n) is 1.67. The number of sulfonamides is 1. The van der Waals surface area contributed by atoms with Crippen molar-refractivity contribution in [2.45, 2.75) is 11.6 Å². The average molecular weight is 295 g/mol. The fraction of sp³-hybridized carbons (Fsp3) is 0.154. The predicted molar refractivity (Wildman–Crippen MR) is 73.7 cm³/mol. The first-order chi connectivity index (χ1) is 9.41. The highest BCUT2D eigenvalue weighted by Crippen LogP contribution is 2.17. The Morgan fingerprint density at radius 3 is 2.50 bits per heavy atom. The third-order valence-electron chi connectivity index (χ3n) is 2.76. The van der Waals surface area contributed by atoms with Gasteiger partial charge in [-0.15, -0.1) is 0 Å². The van der Waals surface area contributed by atoms with Gasteiger partial charge < -0.3 is 5.73 Å². The van der Waals surface area contributed by atoms with Crippen LogP contribution < -0.4 is 5.73 Å². The third-order valence-corrected chi connectivity index (χ3v) is 4.50. The molecule has 1 aromatic carbocycles. The Labute approximate surface area is 116 Å². The van der Waals surface area contributed by atoms with Gasteiger partial charge in [0.25, 0.3) is 10.0 Å². The van der Waals surface area contributed by atoms with Crippen molar-refractivity contribution in [1.29, 1.82) is 0 Å². The van der Waals surface area contributed by atoms with Crippen molar-refractivity contribution in [2.24, 2.45) is 0 Å². The second-order valence-corrected chi connectivity index (χ2v) is 6.25. The molecular formula is C13H14FN3O2S. The van der Waals surface area contributed by atoms with E-state index in [-0.39, 0.29) is 6.54 Å². The number of hydrogen-bond donors (Lipinski definition) is 1.